The Morgan fingerprint density at radius 1 is 1.35 bits per heavy atom. The number of nitro groups is 1. The van der Waals surface area contributed by atoms with Gasteiger partial charge in [-0.05, 0) is 30.7 Å². The molecule has 1 amide bonds. The molecule has 2 aliphatic rings. The maximum Gasteiger partial charge on any atom is 0.292 e. The number of fused-ring (bicyclic) bond motifs is 1. The highest BCUT2D eigenvalue weighted by molar-refractivity contribution is 5.85. The summed E-state index contributed by atoms with van der Waals surface area (Å²) >= 11 is 0. The number of hydrogen-bond donors (Lipinski definition) is 2. The van der Waals surface area contributed by atoms with Gasteiger partial charge >= 0.3 is 0 Å². The quantitative estimate of drug-likeness (QED) is 0.640. The second kappa shape index (κ2) is 7.14. The van der Waals surface area contributed by atoms with Crippen LogP contribution < -0.4 is 11.1 Å². The Morgan fingerprint density at radius 2 is 2.09 bits per heavy atom. The van der Waals surface area contributed by atoms with Gasteiger partial charge in [0.1, 0.15) is 5.69 Å². The van der Waals surface area contributed by atoms with Crippen molar-refractivity contribution in [3.8, 4) is 0 Å². The van der Waals surface area contributed by atoms with Gasteiger partial charge in [-0.15, -0.1) is 12.4 Å². The van der Waals surface area contributed by atoms with Crippen LogP contribution in [0.15, 0.2) is 24.3 Å². The zero-order valence-electron chi connectivity index (χ0n) is 12.7. The molecule has 1 heterocycles. The number of anilines is 1. The van der Waals surface area contributed by atoms with Crippen molar-refractivity contribution in [3.63, 3.8) is 0 Å². The van der Waals surface area contributed by atoms with Gasteiger partial charge in [-0.3, -0.25) is 14.9 Å². The molecular weight excluding hydrogens is 320 g/mol. The molecular formula is C15H21ClN4O3. The number of rotatable bonds is 4. The fourth-order valence-electron chi connectivity index (χ4n) is 3.58. The second-order valence-electron chi connectivity index (χ2n) is 6.09. The Bertz CT molecular complexity index is 598. The van der Waals surface area contributed by atoms with Crippen molar-refractivity contribution in [1.82, 2.24) is 4.90 Å². The summed E-state index contributed by atoms with van der Waals surface area (Å²) in [5, 5.41) is 13.8. The number of hydrogen-bond acceptors (Lipinski definition) is 5. The molecule has 1 aliphatic heterocycles. The predicted octanol–water partition coefficient (Wildman–Crippen LogP) is 1.62. The van der Waals surface area contributed by atoms with Crippen LogP contribution in [0.1, 0.15) is 12.8 Å². The largest absolute Gasteiger partial charge is 0.371 e. The third kappa shape index (κ3) is 3.56. The number of halogens is 1. The van der Waals surface area contributed by atoms with E-state index in [4.69, 9.17) is 5.73 Å². The number of benzene rings is 1. The minimum atomic E-state index is -0.452. The molecule has 23 heavy (non-hydrogen) atoms. The van der Waals surface area contributed by atoms with E-state index < -0.39 is 4.92 Å². The highest BCUT2D eigenvalue weighted by atomic mass is 35.5. The Labute approximate surface area is 140 Å². The van der Waals surface area contributed by atoms with Crippen molar-refractivity contribution < 1.29 is 9.72 Å². The van der Waals surface area contributed by atoms with Crippen molar-refractivity contribution in [2.24, 2.45) is 17.6 Å². The highest BCUT2D eigenvalue weighted by Gasteiger charge is 2.42. The fraction of sp³-hybridized carbons (Fsp3) is 0.533. The molecule has 1 aliphatic carbocycles. The summed E-state index contributed by atoms with van der Waals surface area (Å²) in [7, 11) is 0. The summed E-state index contributed by atoms with van der Waals surface area (Å²) in [6.07, 6.45) is 2.14. The predicted molar refractivity (Wildman–Crippen MR) is 89.6 cm³/mol. The minimum absolute atomic E-state index is 0. The Balaban J connectivity index is 0.00000192. The number of para-hydroxylation sites is 2. The molecule has 3 atom stereocenters. The van der Waals surface area contributed by atoms with E-state index in [0.717, 1.165) is 19.4 Å². The molecule has 0 bridgehead atoms. The van der Waals surface area contributed by atoms with Gasteiger partial charge in [-0.2, -0.15) is 0 Å². The van der Waals surface area contributed by atoms with Gasteiger partial charge in [0.25, 0.3) is 5.69 Å². The molecule has 1 saturated carbocycles. The molecule has 126 valence electrons. The number of nitrogens with two attached hydrogens (primary N) is 1. The topological polar surface area (TPSA) is 102 Å². The molecule has 3 N–H and O–H groups in total. The lowest BCUT2D eigenvalue weighted by Gasteiger charge is -2.19. The number of nitro benzene ring substituents is 1. The molecule has 8 heteroatoms. The van der Waals surface area contributed by atoms with Crippen LogP contribution >= 0.6 is 12.4 Å². The average molecular weight is 341 g/mol. The third-order valence-corrected chi connectivity index (χ3v) is 4.80. The van der Waals surface area contributed by atoms with Gasteiger partial charge < -0.3 is 16.0 Å². The maximum absolute atomic E-state index is 12.3. The molecule has 7 nitrogen and oxygen atoms in total. The van der Waals surface area contributed by atoms with E-state index in [0.29, 0.717) is 24.1 Å². The molecule has 0 spiro atoms. The van der Waals surface area contributed by atoms with E-state index in [1.807, 2.05) is 4.90 Å². The number of nitrogens with one attached hydrogen (secondary N) is 1. The molecule has 2 fully saturated rings. The summed E-state index contributed by atoms with van der Waals surface area (Å²) < 4.78 is 0. The van der Waals surface area contributed by atoms with Gasteiger partial charge in [0.2, 0.25) is 5.91 Å². The molecule has 3 unspecified atom stereocenters. The van der Waals surface area contributed by atoms with Gasteiger partial charge in [0, 0.05) is 25.2 Å². The lowest BCUT2D eigenvalue weighted by atomic mass is 9.98. The van der Waals surface area contributed by atoms with Crippen molar-refractivity contribution in [3.05, 3.63) is 34.4 Å². The number of carbonyl (C=O) groups is 1. The molecule has 0 aromatic heterocycles. The number of likely N-dealkylation sites (tertiary alicyclic amines) is 1. The number of amides is 1. The summed E-state index contributed by atoms with van der Waals surface area (Å²) in [5.41, 5.74) is 6.43. The van der Waals surface area contributed by atoms with E-state index in [2.05, 4.69) is 5.32 Å². The first-order valence-electron chi connectivity index (χ1n) is 7.57. The second-order valence-corrected chi connectivity index (χ2v) is 6.09. The van der Waals surface area contributed by atoms with E-state index in [9.17, 15) is 14.9 Å². The Kier molecular flexibility index (Phi) is 5.43. The molecule has 1 aromatic rings. The zero-order chi connectivity index (χ0) is 15.7. The SMILES string of the molecule is Cl.NC1CCC2CN(C(=O)CNc3ccccc3[N+](=O)[O-])CC12. The average Bonchev–Trinajstić information content (AvgIpc) is 3.07. The first-order chi connectivity index (χ1) is 10.6. The molecule has 0 radical (unpaired) electrons. The van der Waals surface area contributed by atoms with Crippen LogP contribution in [0.4, 0.5) is 11.4 Å². The standard InChI is InChI=1S/C15H20N4O3.ClH/c16-12-6-5-10-8-18(9-11(10)12)15(20)7-17-13-3-1-2-4-14(13)19(21)22;/h1-4,10-12,17H,5-9,16H2;1H. The van der Waals surface area contributed by atoms with Crippen molar-refractivity contribution in [2.45, 2.75) is 18.9 Å². The van der Waals surface area contributed by atoms with Crippen LogP contribution in [-0.4, -0.2) is 41.4 Å². The normalized spacial score (nSPS) is 25.6. The summed E-state index contributed by atoms with van der Waals surface area (Å²) in [6, 6.07) is 6.55. The van der Waals surface area contributed by atoms with Crippen LogP contribution in [-0.2, 0) is 4.79 Å². The van der Waals surface area contributed by atoms with E-state index >= 15 is 0 Å². The highest BCUT2D eigenvalue weighted by Crippen LogP contribution is 2.37. The summed E-state index contributed by atoms with van der Waals surface area (Å²) in [4.78, 5) is 24.6. The van der Waals surface area contributed by atoms with Crippen molar-refractivity contribution in [1.29, 1.82) is 0 Å². The smallest absolute Gasteiger partial charge is 0.292 e. The third-order valence-electron chi connectivity index (χ3n) is 4.80. The monoisotopic (exact) mass is 340 g/mol. The van der Waals surface area contributed by atoms with E-state index in [1.54, 1.807) is 18.2 Å². The Hall–Kier alpha value is -1.86. The Morgan fingerprint density at radius 3 is 2.78 bits per heavy atom. The van der Waals surface area contributed by atoms with Crippen LogP contribution in [0.5, 0.6) is 0 Å². The number of nitrogens with zero attached hydrogens (tertiary/aromatic N) is 2. The zero-order valence-corrected chi connectivity index (χ0v) is 13.5. The van der Waals surface area contributed by atoms with Gasteiger partial charge in [-0.1, -0.05) is 12.1 Å². The summed E-state index contributed by atoms with van der Waals surface area (Å²) in [5.74, 6) is 0.903. The van der Waals surface area contributed by atoms with Crippen molar-refractivity contribution >= 4 is 29.7 Å². The maximum atomic E-state index is 12.3. The van der Waals surface area contributed by atoms with Gasteiger partial charge in [0.05, 0.1) is 11.5 Å². The molecule has 3 rings (SSSR count). The van der Waals surface area contributed by atoms with Gasteiger partial charge in [0.15, 0.2) is 0 Å². The summed E-state index contributed by atoms with van der Waals surface area (Å²) in [6.45, 7) is 1.54. The van der Waals surface area contributed by atoms with Gasteiger partial charge in [-0.25, -0.2) is 0 Å². The van der Waals surface area contributed by atoms with Crippen LogP contribution in [0, 0.1) is 22.0 Å². The first kappa shape index (κ1) is 17.5. The molecule has 1 aromatic carbocycles. The van der Waals surface area contributed by atoms with E-state index in [-0.39, 0.29) is 36.6 Å². The lowest BCUT2D eigenvalue weighted by Crippen LogP contribution is -2.36. The van der Waals surface area contributed by atoms with Crippen LogP contribution in [0.2, 0.25) is 0 Å². The van der Waals surface area contributed by atoms with E-state index in [1.165, 1.54) is 6.07 Å². The fourth-order valence-corrected chi connectivity index (χ4v) is 3.58. The minimum Gasteiger partial charge on any atom is -0.371 e. The van der Waals surface area contributed by atoms with Crippen molar-refractivity contribution in [2.75, 3.05) is 25.0 Å². The van der Waals surface area contributed by atoms with Crippen LogP contribution in [0.3, 0.4) is 0 Å². The van der Waals surface area contributed by atoms with Crippen LogP contribution in [0.25, 0.3) is 0 Å². The lowest BCUT2D eigenvalue weighted by molar-refractivity contribution is -0.383. The number of carbonyl (C=O) groups excluding carboxylic acids is 1. The molecule has 1 saturated heterocycles. The first-order valence-corrected chi connectivity index (χ1v) is 7.57.